The predicted octanol–water partition coefficient (Wildman–Crippen LogP) is 1.70. The Morgan fingerprint density at radius 1 is 1.12 bits per heavy atom. The third kappa shape index (κ3) is 6.44. The van der Waals surface area contributed by atoms with Crippen LogP contribution in [0.25, 0.3) is 0 Å². The molecule has 1 aromatic heterocycles. The Balaban J connectivity index is 1.35. The maximum Gasteiger partial charge on any atom is 0.305 e. The van der Waals surface area contributed by atoms with E-state index in [4.69, 9.17) is 9.47 Å². The number of para-hydroxylation sites is 1. The van der Waals surface area contributed by atoms with Gasteiger partial charge in [-0.3, -0.25) is 24.2 Å². The summed E-state index contributed by atoms with van der Waals surface area (Å²) in [6.45, 7) is 2.11. The van der Waals surface area contributed by atoms with Gasteiger partial charge in [0, 0.05) is 68.3 Å². The molecule has 5 heterocycles. The Kier molecular flexibility index (Phi) is 8.70. The van der Waals surface area contributed by atoms with E-state index < -0.39 is 5.41 Å². The number of nitrogens with one attached hydrogen (secondary N) is 1. The molecule has 1 saturated heterocycles. The Morgan fingerprint density at radius 3 is 2.80 bits per heavy atom. The molecule has 4 bridgehead atoms. The van der Waals surface area contributed by atoms with Gasteiger partial charge in [0.25, 0.3) is 0 Å². The fraction of sp³-hybridized carbons (Fsp3) is 0.500. The van der Waals surface area contributed by atoms with Crippen molar-refractivity contribution >= 4 is 23.7 Å². The van der Waals surface area contributed by atoms with Crippen LogP contribution in [-0.4, -0.2) is 91.5 Å². The molecule has 218 valence electrons. The highest BCUT2D eigenvalue weighted by Gasteiger charge is 2.53. The van der Waals surface area contributed by atoms with Crippen molar-refractivity contribution in [2.75, 3.05) is 53.0 Å². The molecule has 11 heteroatoms. The lowest BCUT2D eigenvalue weighted by Crippen LogP contribution is -2.50. The summed E-state index contributed by atoms with van der Waals surface area (Å²) in [5.74, 6) is 0.388. The number of esters is 1. The summed E-state index contributed by atoms with van der Waals surface area (Å²) in [4.78, 5) is 58.4. The van der Waals surface area contributed by atoms with Gasteiger partial charge in [0.2, 0.25) is 17.7 Å². The van der Waals surface area contributed by atoms with Crippen LogP contribution in [0.4, 0.5) is 0 Å². The molecular weight excluding hydrogens is 528 g/mol. The van der Waals surface area contributed by atoms with Crippen LogP contribution in [0.3, 0.4) is 0 Å². The number of rotatable bonds is 6. The standard InChI is InChI=1S/C30H36N4O7/c1-39-28(38)10-3-9-26(36)33-12-5-13-40-24-8-2-7-22-23-16-34(27(37)14-21-6-4-11-31-15-21)19-30(23,20-41-29(22)24)18-32-25(35)17-33/h2,4,6-8,11,15,23H,3,5,9-10,12-14,16-20H2,1H3,(H,32,35)/t23-,30+/m0/s1. The van der Waals surface area contributed by atoms with Gasteiger partial charge in [-0.1, -0.05) is 18.2 Å². The molecule has 1 fully saturated rings. The molecular formula is C30H36N4O7. The highest BCUT2D eigenvalue weighted by molar-refractivity contribution is 5.85. The molecule has 1 spiro atoms. The van der Waals surface area contributed by atoms with Crippen molar-refractivity contribution in [3.8, 4) is 11.5 Å². The zero-order valence-corrected chi connectivity index (χ0v) is 23.3. The number of fused-ring (bicyclic) bond motifs is 9. The summed E-state index contributed by atoms with van der Waals surface area (Å²) < 4.78 is 17.1. The van der Waals surface area contributed by atoms with Gasteiger partial charge in [-0.2, -0.15) is 0 Å². The number of hydrogen-bond acceptors (Lipinski definition) is 8. The number of ether oxygens (including phenoxy) is 3. The molecule has 0 saturated carbocycles. The monoisotopic (exact) mass is 564 g/mol. The van der Waals surface area contributed by atoms with Crippen LogP contribution in [0, 0.1) is 5.41 Å². The number of benzene rings is 1. The quantitative estimate of drug-likeness (QED) is 0.526. The van der Waals surface area contributed by atoms with Crippen molar-refractivity contribution < 1.29 is 33.4 Å². The van der Waals surface area contributed by atoms with Gasteiger partial charge in [0.05, 0.1) is 33.3 Å². The summed E-state index contributed by atoms with van der Waals surface area (Å²) in [5, 5.41) is 3.05. The highest BCUT2D eigenvalue weighted by atomic mass is 16.5. The van der Waals surface area contributed by atoms with Crippen molar-refractivity contribution in [1.82, 2.24) is 20.1 Å². The van der Waals surface area contributed by atoms with Crippen molar-refractivity contribution in [1.29, 1.82) is 0 Å². The molecule has 4 aliphatic rings. The summed E-state index contributed by atoms with van der Waals surface area (Å²) in [6, 6.07) is 9.51. The van der Waals surface area contributed by atoms with E-state index in [1.165, 1.54) is 12.0 Å². The number of hydrogen-bond donors (Lipinski definition) is 1. The van der Waals surface area contributed by atoms with Crippen LogP contribution in [0.5, 0.6) is 11.5 Å². The third-order valence-corrected chi connectivity index (χ3v) is 8.12. The number of amides is 3. The van der Waals surface area contributed by atoms with Crippen LogP contribution >= 0.6 is 0 Å². The van der Waals surface area contributed by atoms with Crippen LogP contribution in [-0.2, 0) is 30.3 Å². The molecule has 2 atom stereocenters. The second-order valence-electron chi connectivity index (χ2n) is 10.9. The molecule has 3 amide bonds. The van der Waals surface area contributed by atoms with Gasteiger partial charge in [-0.25, -0.2) is 0 Å². The second kappa shape index (κ2) is 12.6. The van der Waals surface area contributed by atoms with Gasteiger partial charge < -0.3 is 29.3 Å². The summed E-state index contributed by atoms with van der Waals surface area (Å²) in [5.41, 5.74) is 1.28. The van der Waals surface area contributed by atoms with Crippen LogP contribution < -0.4 is 14.8 Å². The summed E-state index contributed by atoms with van der Waals surface area (Å²) in [6.07, 6.45) is 4.77. The fourth-order valence-electron chi connectivity index (χ4n) is 5.92. The average Bonchev–Trinajstić information content (AvgIpc) is 3.38. The Labute approximate surface area is 239 Å². The molecule has 0 unspecified atom stereocenters. The van der Waals surface area contributed by atoms with Crippen molar-refractivity contribution in [3.63, 3.8) is 0 Å². The molecule has 0 aliphatic carbocycles. The maximum absolute atomic E-state index is 13.4. The van der Waals surface area contributed by atoms with Gasteiger partial charge in [-0.15, -0.1) is 0 Å². The molecule has 2 aromatic rings. The number of methoxy groups -OCH3 is 1. The lowest BCUT2D eigenvalue weighted by molar-refractivity contribution is -0.141. The molecule has 1 N–H and O–H groups in total. The second-order valence-corrected chi connectivity index (χ2v) is 10.9. The molecule has 11 nitrogen and oxygen atoms in total. The minimum Gasteiger partial charge on any atom is -0.490 e. The zero-order valence-electron chi connectivity index (χ0n) is 23.3. The molecule has 0 radical (unpaired) electrons. The smallest absolute Gasteiger partial charge is 0.305 e. The molecule has 1 aromatic carbocycles. The average molecular weight is 565 g/mol. The largest absolute Gasteiger partial charge is 0.490 e. The topological polar surface area (TPSA) is 127 Å². The first-order chi connectivity index (χ1) is 19.9. The van der Waals surface area contributed by atoms with E-state index in [0.29, 0.717) is 63.7 Å². The van der Waals surface area contributed by atoms with Crippen molar-refractivity contribution in [3.05, 3.63) is 53.9 Å². The van der Waals surface area contributed by atoms with Crippen LogP contribution in [0.15, 0.2) is 42.7 Å². The highest BCUT2D eigenvalue weighted by Crippen LogP contribution is 2.52. The van der Waals surface area contributed by atoms with E-state index in [1.807, 2.05) is 35.2 Å². The first-order valence-corrected chi connectivity index (χ1v) is 14.0. The first kappa shape index (κ1) is 28.4. The Hall–Kier alpha value is -4.15. The third-order valence-electron chi connectivity index (χ3n) is 8.12. The minimum absolute atomic E-state index is 0.00583. The van der Waals surface area contributed by atoms with Crippen LogP contribution in [0.2, 0.25) is 0 Å². The SMILES string of the molecule is COC(=O)CCCC(=O)N1CCCOc2cccc3c2OC[C@@]2(CNC(=O)C1)CN(C(=O)Cc1cccnc1)C[C@@H]32. The van der Waals surface area contributed by atoms with Crippen molar-refractivity contribution in [2.45, 2.75) is 38.0 Å². The normalized spacial score (nSPS) is 22.1. The Bertz CT molecular complexity index is 1290. The number of aromatic nitrogens is 1. The van der Waals surface area contributed by atoms with Gasteiger partial charge in [-0.05, 0) is 30.5 Å². The van der Waals surface area contributed by atoms with Gasteiger partial charge in [0.1, 0.15) is 0 Å². The summed E-state index contributed by atoms with van der Waals surface area (Å²) in [7, 11) is 1.31. The predicted molar refractivity (Wildman–Crippen MR) is 147 cm³/mol. The number of likely N-dealkylation sites (tertiary alicyclic amines) is 1. The van der Waals surface area contributed by atoms with Crippen LogP contribution in [0.1, 0.15) is 42.7 Å². The molecule has 41 heavy (non-hydrogen) atoms. The fourth-order valence-corrected chi connectivity index (χ4v) is 5.92. The zero-order chi connectivity index (χ0) is 28.8. The van der Waals surface area contributed by atoms with E-state index in [1.54, 1.807) is 12.4 Å². The van der Waals surface area contributed by atoms with Gasteiger partial charge in [0.15, 0.2) is 11.5 Å². The van der Waals surface area contributed by atoms with Crippen molar-refractivity contribution in [2.24, 2.45) is 5.41 Å². The number of carbonyl (C=O) groups is 4. The molecule has 6 rings (SSSR count). The molecule has 4 aliphatic heterocycles. The van der Waals surface area contributed by atoms with E-state index in [0.717, 1.165) is 11.1 Å². The van der Waals surface area contributed by atoms with E-state index >= 15 is 0 Å². The maximum atomic E-state index is 13.4. The number of carbonyl (C=O) groups excluding carboxylic acids is 4. The van der Waals surface area contributed by atoms with Gasteiger partial charge >= 0.3 is 5.97 Å². The lowest BCUT2D eigenvalue weighted by atomic mass is 9.73. The number of pyridine rings is 1. The number of nitrogens with zero attached hydrogens (tertiary/aromatic N) is 3. The van der Waals surface area contributed by atoms with E-state index in [-0.39, 0.29) is 55.4 Å². The first-order valence-electron chi connectivity index (χ1n) is 14.0. The van der Waals surface area contributed by atoms with E-state index in [9.17, 15) is 19.2 Å². The lowest BCUT2D eigenvalue weighted by Gasteiger charge is -2.40. The van der Waals surface area contributed by atoms with E-state index in [2.05, 4.69) is 15.0 Å². The Morgan fingerprint density at radius 2 is 2.00 bits per heavy atom. The summed E-state index contributed by atoms with van der Waals surface area (Å²) >= 11 is 0. The minimum atomic E-state index is -0.536.